The Hall–Kier alpha value is -3.15. The van der Waals surface area contributed by atoms with Crippen LogP contribution in [0, 0.1) is 0 Å². The molecular weight excluding hydrogens is 280 g/mol. The number of nitrogens with zero attached hydrogens (tertiary/aromatic N) is 2. The summed E-state index contributed by atoms with van der Waals surface area (Å²) in [5.74, 6) is -0.537. The first-order chi connectivity index (χ1) is 10.7. The molecule has 0 aliphatic heterocycles. The van der Waals surface area contributed by atoms with Gasteiger partial charge in [0.1, 0.15) is 0 Å². The topological polar surface area (TPSA) is 86.1 Å². The van der Waals surface area contributed by atoms with Crippen LogP contribution in [0.2, 0.25) is 0 Å². The Morgan fingerprint density at radius 3 is 2.05 bits per heavy atom. The molecule has 2 aromatic rings. The first-order valence-corrected chi connectivity index (χ1v) is 6.65. The summed E-state index contributed by atoms with van der Waals surface area (Å²) in [5.41, 5.74) is 4.27. The number of carbonyl (C=O) groups is 1. The number of carbonyl (C=O) groups excluding carboxylic acids is 1. The molecule has 0 aliphatic carbocycles. The maximum Gasteiger partial charge on any atom is 0.279 e. The number of benzene rings is 2. The van der Waals surface area contributed by atoms with Gasteiger partial charge in [0, 0.05) is 5.69 Å². The van der Waals surface area contributed by atoms with Gasteiger partial charge in [0.2, 0.25) is 0 Å². The molecule has 0 atom stereocenters. The predicted octanol–water partition coefficient (Wildman–Crippen LogP) is 2.94. The van der Waals surface area contributed by atoms with E-state index in [-0.39, 0.29) is 11.4 Å². The van der Waals surface area contributed by atoms with Gasteiger partial charge < -0.3 is 10.5 Å². The van der Waals surface area contributed by atoms with Crippen LogP contribution in [-0.4, -0.2) is 22.5 Å². The molecule has 0 saturated carbocycles. The molecule has 22 heavy (non-hydrogen) atoms. The largest absolute Gasteiger partial charge is 0.410 e. The van der Waals surface area contributed by atoms with E-state index in [1.807, 2.05) is 36.4 Å². The number of hydrogen-bond acceptors (Lipinski definition) is 5. The second-order valence-corrected chi connectivity index (χ2v) is 4.44. The van der Waals surface area contributed by atoms with Crippen LogP contribution in [-0.2, 0) is 4.79 Å². The maximum absolute atomic E-state index is 12.1. The summed E-state index contributed by atoms with van der Waals surface area (Å²) in [4.78, 5) is 12.1. The Balaban J connectivity index is 2.05. The van der Waals surface area contributed by atoms with E-state index in [0.717, 1.165) is 5.69 Å². The molecule has 0 aromatic heterocycles. The van der Waals surface area contributed by atoms with Gasteiger partial charge in [-0.2, -0.15) is 5.10 Å². The molecule has 0 unspecified atom stereocenters. The molecular formula is C16H16N4O2. The minimum Gasteiger partial charge on any atom is -0.410 e. The summed E-state index contributed by atoms with van der Waals surface area (Å²) < 4.78 is 0. The molecule has 0 radical (unpaired) electrons. The number of hydrazone groups is 1. The summed E-state index contributed by atoms with van der Waals surface area (Å²) in [6, 6.07) is 18.2. The monoisotopic (exact) mass is 296 g/mol. The van der Waals surface area contributed by atoms with Gasteiger partial charge in [-0.05, 0) is 31.2 Å². The number of rotatable bonds is 5. The van der Waals surface area contributed by atoms with E-state index in [0.29, 0.717) is 5.69 Å². The quantitative estimate of drug-likeness (QED) is 0.450. The van der Waals surface area contributed by atoms with Crippen LogP contribution in [0.15, 0.2) is 70.9 Å². The Kier molecular flexibility index (Phi) is 5.25. The van der Waals surface area contributed by atoms with Crippen molar-refractivity contribution in [3.05, 3.63) is 60.7 Å². The van der Waals surface area contributed by atoms with E-state index in [1.165, 1.54) is 0 Å². The lowest BCUT2D eigenvalue weighted by Crippen LogP contribution is -2.29. The minimum atomic E-state index is -0.537. The Bertz CT molecular complexity index is 682. The molecule has 0 aliphatic rings. The van der Waals surface area contributed by atoms with Crippen LogP contribution in [0.5, 0.6) is 0 Å². The van der Waals surface area contributed by atoms with Crippen molar-refractivity contribution in [2.75, 3.05) is 10.7 Å². The van der Waals surface area contributed by atoms with Crippen LogP contribution in [0.1, 0.15) is 6.92 Å². The first kappa shape index (κ1) is 15.2. The number of oxime groups is 1. The van der Waals surface area contributed by atoms with Gasteiger partial charge in [-0.15, -0.1) is 0 Å². The maximum atomic E-state index is 12.1. The molecule has 0 bridgehead atoms. The van der Waals surface area contributed by atoms with Crippen molar-refractivity contribution in [1.82, 2.24) is 0 Å². The van der Waals surface area contributed by atoms with Gasteiger partial charge in [-0.25, -0.2) is 0 Å². The molecule has 0 fully saturated rings. The van der Waals surface area contributed by atoms with Crippen molar-refractivity contribution in [3.8, 4) is 0 Å². The van der Waals surface area contributed by atoms with Crippen molar-refractivity contribution < 1.29 is 10.0 Å². The van der Waals surface area contributed by atoms with Crippen molar-refractivity contribution in [2.45, 2.75) is 6.92 Å². The lowest BCUT2D eigenvalue weighted by atomic mass is 10.2. The fourth-order valence-corrected chi connectivity index (χ4v) is 1.71. The van der Waals surface area contributed by atoms with Crippen molar-refractivity contribution in [2.24, 2.45) is 10.3 Å². The van der Waals surface area contributed by atoms with Crippen molar-refractivity contribution in [1.29, 1.82) is 0 Å². The third kappa shape index (κ3) is 4.17. The first-order valence-electron chi connectivity index (χ1n) is 6.65. The lowest BCUT2D eigenvalue weighted by molar-refractivity contribution is -0.110. The van der Waals surface area contributed by atoms with E-state index in [1.54, 1.807) is 31.2 Å². The molecule has 3 N–H and O–H groups in total. The van der Waals surface area contributed by atoms with Crippen LogP contribution < -0.4 is 10.7 Å². The fraction of sp³-hybridized carbons (Fsp3) is 0.0625. The highest BCUT2D eigenvalue weighted by Crippen LogP contribution is 2.07. The minimum absolute atomic E-state index is 0.160. The van der Waals surface area contributed by atoms with Gasteiger partial charge in [-0.1, -0.05) is 41.6 Å². The highest BCUT2D eigenvalue weighted by molar-refractivity contribution is 6.68. The standard InChI is InChI=1S/C16H16N4O2/c1-12(18-19-14-10-6-3-7-11-14)15(20-22)16(21)17-13-8-4-2-5-9-13/h2-11,19,22H,1H3,(H,17,21)/b18-12-,20-15-. The van der Waals surface area contributed by atoms with Crippen molar-refractivity contribution in [3.63, 3.8) is 0 Å². The van der Waals surface area contributed by atoms with E-state index in [4.69, 9.17) is 5.21 Å². The molecule has 0 saturated heterocycles. The summed E-state index contributed by atoms with van der Waals surface area (Å²) in [6.07, 6.45) is 0. The van der Waals surface area contributed by atoms with Gasteiger partial charge >= 0.3 is 0 Å². The fourth-order valence-electron chi connectivity index (χ4n) is 1.71. The Morgan fingerprint density at radius 1 is 0.955 bits per heavy atom. The number of nitrogens with one attached hydrogen (secondary N) is 2. The number of amides is 1. The average molecular weight is 296 g/mol. The molecule has 112 valence electrons. The summed E-state index contributed by atoms with van der Waals surface area (Å²) in [5, 5.41) is 18.8. The van der Waals surface area contributed by atoms with E-state index >= 15 is 0 Å². The Labute approximate surface area is 128 Å². The zero-order valence-corrected chi connectivity index (χ0v) is 12.0. The second kappa shape index (κ2) is 7.58. The molecule has 6 heteroatoms. The molecule has 2 rings (SSSR count). The number of para-hydroxylation sites is 2. The number of hydrogen-bond donors (Lipinski definition) is 3. The average Bonchev–Trinajstić information content (AvgIpc) is 2.55. The lowest BCUT2D eigenvalue weighted by Gasteiger charge is -2.07. The molecule has 0 spiro atoms. The van der Waals surface area contributed by atoms with Crippen LogP contribution >= 0.6 is 0 Å². The highest BCUT2D eigenvalue weighted by Gasteiger charge is 2.16. The summed E-state index contributed by atoms with van der Waals surface area (Å²) in [7, 11) is 0. The van der Waals surface area contributed by atoms with E-state index in [9.17, 15) is 4.79 Å². The molecule has 1 amide bonds. The van der Waals surface area contributed by atoms with Gasteiger partial charge in [-0.3, -0.25) is 10.2 Å². The van der Waals surface area contributed by atoms with Crippen molar-refractivity contribution >= 4 is 28.7 Å². The van der Waals surface area contributed by atoms with Crippen LogP contribution in [0.25, 0.3) is 0 Å². The normalized spacial score (nSPS) is 11.9. The van der Waals surface area contributed by atoms with Gasteiger partial charge in [0.25, 0.3) is 5.91 Å². The Morgan fingerprint density at radius 2 is 1.50 bits per heavy atom. The van der Waals surface area contributed by atoms with Crippen LogP contribution in [0.3, 0.4) is 0 Å². The van der Waals surface area contributed by atoms with Gasteiger partial charge in [0.15, 0.2) is 5.71 Å². The molecule has 6 nitrogen and oxygen atoms in total. The second-order valence-electron chi connectivity index (χ2n) is 4.44. The van der Waals surface area contributed by atoms with E-state index in [2.05, 4.69) is 21.0 Å². The zero-order chi connectivity index (χ0) is 15.8. The molecule has 2 aromatic carbocycles. The summed E-state index contributed by atoms with van der Waals surface area (Å²) in [6.45, 7) is 1.58. The smallest absolute Gasteiger partial charge is 0.279 e. The summed E-state index contributed by atoms with van der Waals surface area (Å²) >= 11 is 0. The third-order valence-electron chi connectivity index (χ3n) is 2.82. The van der Waals surface area contributed by atoms with E-state index < -0.39 is 5.91 Å². The SMILES string of the molecule is CC(=N/Nc1ccccc1)/C(=N/O)C(=O)Nc1ccccc1. The third-order valence-corrected chi connectivity index (χ3v) is 2.82. The van der Waals surface area contributed by atoms with Gasteiger partial charge in [0.05, 0.1) is 11.4 Å². The predicted molar refractivity (Wildman–Crippen MR) is 87.5 cm³/mol. The number of anilines is 2. The highest BCUT2D eigenvalue weighted by atomic mass is 16.4. The zero-order valence-electron chi connectivity index (χ0n) is 12.0. The van der Waals surface area contributed by atoms with Crippen LogP contribution in [0.4, 0.5) is 11.4 Å². The molecule has 0 heterocycles.